The molecule has 0 aliphatic rings. The number of thiophene rings is 1. The standard InChI is InChI=1S/C11H16N4S/c1-7(12-3)5-13-10-9-4-8(2)16-11(9)15-6-14-10/h4,6-7,12H,5H2,1-3H3,(H,13,14,15)/t7-/m0/s1. The second-order valence-corrected chi connectivity index (χ2v) is 5.10. The highest BCUT2D eigenvalue weighted by Gasteiger charge is 2.07. The van der Waals surface area contributed by atoms with E-state index in [1.165, 1.54) is 4.88 Å². The van der Waals surface area contributed by atoms with E-state index in [2.05, 4.69) is 40.5 Å². The summed E-state index contributed by atoms with van der Waals surface area (Å²) >= 11 is 1.70. The van der Waals surface area contributed by atoms with Crippen molar-refractivity contribution >= 4 is 27.4 Å². The summed E-state index contributed by atoms with van der Waals surface area (Å²) in [5.74, 6) is 0.927. The summed E-state index contributed by atoms with van der Waals surface area (Å²) in [6.45, 7) is 5.08. The Balaban J connectivity index is 2.23. The van der Waals surface area contributed by atoms with Crippen molar-refractivity contribution in [3.8, 4) is 0 Å². The van der Waals surface area contributed by atoms with Gasteiger partial charge in [-0.05, 0) is 27.0 Å². The van der Waals surface area contributed by atoms with Crippen LogP contribution in [-0.2, 0) is 0 Å². The number of rotatable bonds is 4. The molecule has 0 bridgehead atoms. The molecule has 0 aliphatic heterocycles. The first kappa shape index (κ1) is 11.3. The van der Waals surface area contributed by atoms with Crippen LogP contribution in [0.1, 0.15) is 11.8 Å². The Morgan fingerprint density at radius 3 is 3.00 bits per heavy atom. The lowest BCUT2D eigenvalue weighted by Crippen LogP contribution is -2.29. The fourth-order valence-corrected chi connectivity index (χ4v) is 2.32. The molecule has 0 aliphatic carbocycles. The SMILES string of the molecule is CN[C@@H](C)CNc1ncnc2sc(C)cc12. The molecule has 0 fully saturated rings. The molecule has 86 valence electrons. The minimum Gasteiger partial charge on any atom is -0.368 e. The molecule has 0 unspecified atom stereocenters. The number of aryl methyl sites for hydroxylation is 1. The average Bonchev–Trinajstić information content (AvgIpc) is 2.66. The van der Waals surface area contributed by atoms with Crippen LogP contribution in [0, 0.1) is 6.92 Å². The highest BCUT2D eigenvalue weighted by molar-refractivity contribution is 7.18. The molecule has 5 heteroatoms. The summed E-state index contributed by atoms with van der Waals surface area (Å²) in [5, 5.41) is 7.65. The zero-order valence-electron chi connectivity index (χ0n) is 9.74. The number of aromatic nitrogens is 2. The Hall–Kier alpha value is -1.20. The van der Waals surface area contributed by atoms with E-state index in [1.54, 1.807) is 17.7 Å². The van der Waals surface area contributed by atoms with Crippen molar-refractivity contribution in [1.29, 1.82) is 0 Å². The summed E-state index contributed by atoms with van der Waals surface area (Å²) < 4.78 is 0. The first-order valence-corrected chi connectivity index (χ1v) is 6.14. The number of hydrogen-bond acceptors (Lipinski definition) is 5. The van der Waals surface area contributed by atoms with Crippen LogP contribution in [-0.4, -0.2) is 29.6 Å². The molecule has 2 heterocycles. The van der Waals surface area contributed by atoms with Gasteiger partial charge < -0.3 is 10.6 Å². The van der Waals surface area contributed by atoms with Gasteiger partial charge in [-0.1, -0.05) is 0 Å². The smallest absolute Gasteiger partial charge is 0.138 e. The van der Waals surface area contributed by atoms with Gasteiger partial charge in [0.1, 0.15) is 17.0 Å². The van der Waals surface area contributed by atoms with Crippen molar-refractivity contribution in [2.24, 2.45) is 0 Å². The van der Waals surface area contributed by atoms with E-state index in [-0.39, 0.29) is 0 Å². The Bertz CT molecular complexity index is 480. The molecular formula is C11H16N4S. The van der Waals surface area contributed by atoms with Gasteiger partial charge in [-0.15, -0.1) is 11.3 Å². The molecule has 0 aromatic carbocycles. The number of hydrogen-bond donors (Lipinski definition) is 2. The Morgan fingerprint density at radius 1 is 1.44 bits per heavy atom. The molecule has 0 amide bonds. The molecule has 1 atom stereocenters. The predicted molar refractivity (Wildman–Crippen MR) is 69.2 cm³/mol. The Kier molecular flexibility index (Phi) is 3.36. The number of likely N-dealkylation sites (N-methyl/N-ethyl adjacent to an activating group) is 1. The molecule has 0 spiro atoms. The number of nitrogens with one attached hydrogen (secondary N) is 2. The van der Waals surface area contributed by atoms with E-state index in [9.17, 15) is 0 Å². The van der Waals surface area contributed by atoms with E-state index >= 15 is 0 Å². The maximum absolute atomic E-state index is 4.28. The largest absolute Gasteiger partial charge is 0.368 e. The predicted octanol–water partition coefficient (Wildman–Crippen LogP) is 2.02. The topological polar surface area (TPSA) is 49.8 Å². The minimum absolute atomic E-state index is 0.421. The van der Waals surface area contributed by atoms with Gasteiger partial charge in [-0.3, -0.25) is 0 Å². The quantitative estimate of drug-likeness (QED) is 0.852. The van der Waals surface area contributed by atoms with Crippen molar-refractivity contribution in [2.45, 2.75) is 19.9 Å². The molecule has 4 nitrogen and oxygen atoms in total. The van der Waals surface area contributed by atoms with Crippen molar-refractivity contribution in [1.82, 2.24) is 15.3 Å². The second-order valence-electron chi connectivity index (χ2n) is 3.87. The fraction of sp³-hybridized carbons (Fsp3) is 0.455. The molecule has 2 rings (SSSR count). The van der Waals surface area contributed by atoms with Gasteiger partial charge in [0.25, 0.3) is 0 Å². The first-order valence-electron chi connectivity index (χ1n) is 5.33. The highest BCUT2D eigenvalue weighted by Crippen LogP contribution is 2.27. The maximum atomic E-state index is 4.28. The van der Waals surface area contributed by atoms with Crippen LogP contribution < -0.4 is 10.6 Å². The van der Waals surface area contributed by atoms with Crippen LogP contribution in [0.15, 0.2) is 12.4 Å². The van der Waals surface area contributed by atoms with E-state index in [0.29, 0.717) is 6.04 Å². The van der Waals surface area contributed by atoms with Crippen molar-refractivity contribution in [3.05, 3.63) is 17.3 Å². The van der Waals surface area contributed by atoms with E-state index in [0.717, 1.165) is 22.6 Å². The van der Waals surface area contributed by atoms with Gasteiger partial charge in [0.2, 0.25) is 0 Å². The lowest BCUT2D eigenvalue weighted by molar-refractivity contribution is 0.637. The van der Waals surface area contributed by atoms with Gasteiger partial charge in [-0.2, -0.15) is 0 Å². The lowest BCUT2D eigenvalue weighted by Gasteiger charge is -2.11. The van der Waals surface area contributed by atoms with Gasteiger partial charge in [0, 0.05) is 17.5 Å². The summed E-state index contributed by atoms with van der Waals surface area (Å²) in [6.07, 6.45) is 1.62. The molecular weight excluding hydrogens is 220 g/mol. The fourth-order valence-electron chi connectivity index (χ4n) is 1.47. The third kappa shape index (κ3) is 2.31. The minimum atomic E-state index is 0.421. The van der Waals surface area contributed by atoms with Crippen LogP contribution >= 0.6 is 11.3 Å². The van der Waals surface area contributed by atoms with E-state index in [1.807, 2.05) is 7.05 Å². The maximum Gasteiger partial charge on any atom is 0.138 e. The van der Waals surface area contributed by atoms with Crippen molar-refractivity contribution < 1.29 is 0 Å². The highest BCUT2D eigenvalue weighted by atomic mass is 32.1. The van der Waals surface area contributed by atoms with E-state index in [4.69, 9.17) is 0 Å². The molecule has 2 aromatic rings. The van der Waals surface area contributed by atoms with Gasteiger partial charge in [0.05, 0.1) is 5.39 Å². The zero-order chi connectivity index (χ0) is 11.5. The van der Waals surface area contributed by atoms with E-state index < -0.39 is 0 Å². The number of nitrogens with zero attached hydrogens (tertiary/aromatic N) is 2. The monoisotopic (exact) mass is 236 g/mol. The molecule has 0 saturated carbocycles. The van der Waals surface area contributed by atoms with Crippen LogP contribution in [0.2, 0.25) is 0 Å². The van der Waals surface area contributed by atoms with Gasteiger partial charge in [-0.25, -0.2) is 9.97 Å². The van der Waals surface area contributed by atoms with Gasteiger partial charge in [0.15, 0.2) is 0 Å². The normalized spacial score (nSPS) is 12.9. The molecule has 2 N–H and O–H groups in total. The van der Waals surface area contributed by atoms with Crippen LogP contribution in [0.25, 0.3) is 10.2 Å². The average molecular weight is 236 g/mol. The summed E-state index contributed by atoms with van der Waals surface area (Å²) in [6, 6.07) is 2.55. The third-order valence-corrected chi connectivity index (χ3v) is 3.48. The van der Waals surface area contributed by atoms with Crippen LogP contribution in [0.4, 0.5) is 5.82 Å². The molecule has 0 saturated heterocycles. The summed E-state index contributed by atoms with van der Waals surface area (Å²) in [5.41, 5.74) is 0. The second kappa shape index (κ2) is 4.76. The number of fused-ring (bicyclic) bond motifs is 1. The summed E-state index contributed by atoms with van der Waals surface area (Å²) in [7, 11) is 1.96. The van der Waals surface area contributed by atoms with Crippen LogP contribution in [0.3, 0.4) is 0 Å². The molecule has 2 aromatic heterocycles. The first-order chi connectivity index (χ1) is 7.70. The Labute approximate surface area is 99.1 Å². The summed E-state index contributed by atoms with van der Waals surface area (Å²) in [4.78, 5) is 10.9. The molecule has 16 heavy (non-hydrogen) atoms. The van der Waals surface area contributed by atoms with Crippen LogP contribution in [0.5, 0.6) is 0 Å². The number of anilines is 1. The van der Waals surface area contributed by atoms with Gasteiger partial charge >= 0.3 is 0 Å². The van der Waals surface area contributed by atoms with Crippen molar-refractivity contribution in [3.63, 3.8) is 0 Å². The Morgan fingerprint density at radius 2 is 2.25 bits per heavy atom. The lowest BCUT2D eigenvalue weighted by atomic mass is 10.3. The zero-order valence-corrected chi connectivity index (χ0v) is 10.6. The molecule has 0 radical (unpaired) electrons. The third-order valence-electron chi connectivity index (χ3n) is 2.52. The van der Waals surface area contributed by atoms with Crippen molar-refractivity contribution in [2.75, 3.05) is 18.9 Å².